The topological polar surface area (TPSA) is 108 Å². The van der Waals surface area contributed by atoms with Crippen LogP contribution < -0.4 is 16.0 Å². The van der Waals surface area contributed by atoms with E-state index >= 15 is 0 Å². The minimum absolute atomic E-state index is 0.0440. The lowest BCUT2D eigenvalue weighted by Crippen LogP contribution is -2.50. The minimum Gasteiger partial charge on any atom is -0.379 e. The summed E-state index contributed by atoms with van der Waals surface area (Å²) in [5.41, 5.74) is 7.53. The zero-order valence-electron chi connectivity index (χ0n) is 18.4. The first-order valence-corrected chi connectivity index (χ1v) is 10.8. The Hall–Kier alpha value is -2.65. The summed E-state index contributed by atoms with van der Waals surface area (Å²) in [6, 6.07) is 8.20. The zero-order chi connectivity index (χ0) is 22.4. The van der Waals surface area contributed by atoms with Gasteiger partial charge in [-0.2, -0.15) is 0 Å². The molecule has 3 N–H and O–H groups in total. The number of rotatable bonds is 6. The average molecular weight is 432 g/mol. The number of nitrogens with one attached hydrogen (secondary N) is 1. The number of nitrogens with two attached hydrogens (primary N) is 1. The fraction of sp³-hybridized carbons (Fsp3) is 0.591. The van der Waals surface area contributed by atoms with Gasteiger partial charge in [0.2, 0.25) is 5.91 Å². The van der Waals surface area contributed by atoms with Crippen molar-refractivity contribution in [2.45, 2.75) is 18.9 Å². The van der Waals surface area contributed by atoms with Gasteiger partial charge in [-0.3, -0.25) is 19.3 Å². The Morgan fingerprint density at radius 2 is 1.71 bits per heavy atom. The molecule has 0 aliphatic carbocycles. The van der Waals surface area contributed by atoms with E-state index in [1.807, 2.05) is 19.0 Å². The number of carbonyl (C=O) groups is 3. The van der Waals surface area contributed by atoms with E-state index in [2.05, 4.69) is 34.5 Å². The van der Waals surface area contributed by atoms with E-state index in [0.717, 1.165) is 24.3 Å². The number of carbonyl (C=O) groups excluding carboxylic acids is 3. The third-order valence-electron chi connectivity index (χ3n) is 6.12. The van der Waals surface area contributed by atoms with Gasteiger partial charge in [-0.1, -0.05) is 12.1 Å². The summed E-state index contributed by atoms with van der Waals surface area (Å²) in [5.74, 6) is -1.72. The molecular formula is C22H33N5O4. The van der Waals surface area contributed by atoms with Crippen LogP contribution in [0, 0.1) is 5.92 Å². The predicted molar refractivity (Wildman–Crippen MR) is 117 cm³/mol. The molecule has 0 bridgehead atoms. The summed E-state index contributed by atoms with van der Waals surface area (Å²) < 4.78 is 5.48. The average Bonchev–Trinajstić information content (AvgIpc) is 2.79. The first-order chi connectivity index (χ1) is 14.9. The Bertz CT molecular complexity index is 769. The van der Waals surface area contributed by atoms with Crippen LogP contribution in [0.4, 0.5) is 5.69 Å². The standard InChI is InChI=1S/C22H33N5O4/c1-25(2)18-5-3-16(4-6-18)19(26-11-13-31-14-12-26)15-24-21(29)22(30)27-9-7-17(8-10-27)20(23)28/h3-6,17,19H,7-15H2,1-2H3,(H2,23,28)(H,24,29)/t19-/m0/s1. The molecule has 2 heterocycles. The molecule has 2 fully saturated rings. The number of nitrogens with zero attached hydrogens (tertiary/aromatic N) is 3. The number of anilines is 1. The van der Waals surface area contributed by atoms with Gasteiger partial charge in [0.25, 0.3) is 0 Å². The Kier molecular flexibility index (Phi) is 7.86. The van der Waals surface area contributed by atoms with Gasteiger partial charge < -0.3 is 25.6 Å². The second-order valence-electron chi connectivity index (χ2n) is 8.33. The third-order valence-corrected chi connectivity index (χ3v) is 6.12. The third kappa shape index (κ3) is 5.95. The van der Waals surface area contributed by atoms with Crippen molar-refractivity contribution in [2.24, 2.45) is 11.7 Å². The van der Waals surface area contributed by atoms with Crippen molar-refractivity contribution >= 4 is 23.4 Å². The smallest absolute Gasteiger partial charge is 0.311 e. The number of benzene rings is 1. The summed E-state index contributed by atoms with van der Waals surface area (Å²) >= 11 is 0. The zero-order valence-corrected chi connectivity index (χ0v) is 18.4. The lowest BCUT2D eigenvalue weighted by molar-refractivity contribution is -0.147. The molecule has 0 aromatic heterocycles. The molecule has 2 saturated heterocycles. The molecule has 0 unspecified atom stereocenters. The van der Waals surface area contributed by atoms with Crippen molar-refractivity contribution in [2.75, 3.05) is 64.9 Å². The van der Waals surface area contributed by atoms with Crippen LogP contribution in [0.2, 0.25) is 0 Å². The first kappa shape index (κ1) is 23.0. The van der Waals surface area contributed by atoms with Crippen molar-refractivity contribution in [3.05, 3.63) is 29.8 Å². The largest absolute Gasteiger partial charge is 0.379 e. The molecule has 3 amide bonds. The number of piperidine rings is 1. The molecule has 0 radical (unpaired) electrons. The van der Waals surface area contributed by atoms with Gasteiger partial charge >= 0.3 is 11.8 Å². The monoisotopic (exact) mass is 431 g/mol. The van der Waals surface area contributed by atoms with Gasteiger partial charge in [-0.05, 0) is 30.5 Å². The molecule has 2 aliphatic heterocycles. The maximum atomic E-state index is 12.6. The number of primary amides is 1. The molecule has 1 aromatic rings. The molecule has 170 valence electrons. The van der Waals surface area contributed by atoms with Crippen molar-refractivity contribution in [1.29, 1.82) is 0 Å². The van der Waals surface area contributed by atoms with Gasteiger partial charge in [0.1, 0.15) is 0 Å². The van der Waals surface area contributed by atoms with Gasteiger partial charge in [0, 0.05) is 58.4 Å². The number of hydrogen-bond donors (Lipinski definition) is 2. The number of likely N-dealkylation sites (tertiary alicyclic amines) is 1. The highest BCUT2D eigenvalue weighted by atomic mass is 16.5. The highest BCUT2D eigenvalue weighted by molar-refractivity contribution is 6.35. The Labute approximate surface area is 183 Å². The van der Waals surface area contributed by atoms with Crippen molar-refractivity contribution in [1.82, 2.24) is 15.1 Å². The van der Waals surface area contributed by atoms with E-state index in [-0.39, 0.29) is 17.9 Å². The van der Waals surface area contributed by atoms with Gasteiger partial charge in [0.05, 0.1) is 19.3 Å². The molecule has 2 aliphatic rings. The van der Waals surface area contributed by atoms with Crippen LogP contribution in [0.15, 0.2) is 24.3 Å². The SMILES string of the molecule is CN(C)c1ccc([C@H](CNC(=O)C(=O)N2CCC(C(N)=O)CC2)N2CCOCC2)cc1. The predicted octanol–water partition coefficient (Wildman–Crippen LogP) is -0.0340. The van der Waals surface area contributed by atoms with Crippen molar-refractivity contribution in [3.8, 4) is 0 Å². The molecule has 9 nitrogen and oxygen atoms in total. The molecule has 1 aromatic carbocycles. The lowest BCUT2D eigenvalue weighted by Gasteiger charge is -2.35. The van der Waals surface area contributed by atoms with Crippen LogP contribution in [0.3, 0.4) is 0 Å². The summed E-state index contributed by atoms with van der Waals surface area (Å²) in [7, 11) is 3.99. The van der Waals surface area contributed by atoms with Crippen molar-refractivity contribution < 1.29 is 19.1 Å². The number of hydrogen-bond acceptors (Lipinski definition) is 6. The summed E-state index contributed by atoms with van der Waals surface area (Å²) in [5, 5.41) is 2.83. The molecule has 3 rings (SSSR count). The van der Waals surface area contributed by atoms with E-state index < -0.39 is 11.8 Å². The molecule has 0 spiro atoms. The molecule has 31 heavy (non-hydrogen) atoms. The van der Waals surface area contributed by atoms with Crippen LogP contribution in [-0.4, -0.2) is 87.6 Å². The minimum atomic E-state index is -0.610. The second kappa shape index (κ2) is 10.6. The Morgan fingerprint density at radius 3 is 2.26 bits per heavy atom. The Morgan fingerprint density at radius 1 is 1.10 bits per heavy atom. The van der Waals surface area contributed by atoms with Crippen LogP contribution in [0.25, 0.3) is 0 Å². The van der Waals surface area contributed by atoms with E-state index in [1.165, 1.54) is 4.90 Å². The van der Waals surface area contributed by atoms with Crippen LogP contribution >= 0.6 is 0 Å². The summed E-state index contributed by atoms with van der Waals surface area (Å²) in [6.07, 6.45) is 1.01. The van der Waals surface area contributed by atoms with E-state index in [9.17, 15) is 14.4 Å². The van der Waals surface area contributed by atoms with E-state index in [4.69, 9.17) is 10.5 Å². The fourth-order valence-electron chi connectivity index (χ4n) is 4.12. The Balaban J connectivity index is 1.62. The quantitative estimate of drug-likeness (QED) is 0.613. The summed E-state index contributed by atoms with van der Waals surface area (Å²) in [4.78, 5) is 42.3. The highest BCUT2D eigenvalue weighted by Crippen LogP contribution is 2.24. The van der Waals surface area contributed by atoms with E-state index in [1.54, 1.807) is 0 Å². The van der Waals surface area contributed by atoms with Gasteiger partial charge in [-0.15, -0.1) is 0 Å². The fourth-order valence-corrected chi connectivity index (χ4v) is 4.12. The van der Waals surface area contributed by atoms with Crippen LogP contribution in [-0.2, 0) is 19.1 Å². The molecule has 9 heteroatoms. The molecule has 1 atom stereocenters. The number of ether oxygens (including phenoxy) is 1. The molecule has 0 saturated carbocycles. The van der Waals surface area contributed by atoms with Crippen LogP contribution in [0.5, 0.6) is 0 Å². The van der Waals surface area contributed by atoms with Crippen LogP contribution in [0.1, 0.15) is 24.4 Å². The highest BCUT2D eigenvalue weighted by Gasteiger charge is 2.30. The maximum Gasteiger partial charge on any atom is 0.311 e. The molecular weight excluding hydrogens is 398 g/mol. The second-order valence-corrected chi connectivity index (χ2v) is 8.33. The van der Waals surface area contributed by atoms with Gasteiger partial charge in [0.15, 0.2) is 0 Å². The lowest BCUT2D eigenvalue weighted by atomic mass is 9.96. The number of morpholine rings is 1. The normalized spacial score (nSPS) is 19.0. The van der Waals surface area contributed by atoms with Crippen molar-refractivity contribution in [3.63, 3.8) is 0 Å². The summed E-state index contributed by atoms with van der Waals surface area (Å²) in [6.45, 7) is 3.91. The first-order valence-electron chi connectivity index (χ1n) is 10.8. The van der Waals surface area contributed by atoms with Gasteiger partial charge in [-0.25, -0.2) is 0 Å². The van der Waals surface area contributed by atoms with E-state index in [0.29, 0.717) is 45.7 Å². The number of amides is 3. The maximum absolute atomic E-state index is 12.6.